The monoisotopic (exact) mass is 525 g/mol. The largest absolute Gasteiger partial charge is 0.508 e. The van der Waals surface area contributed by atoms with Gasteiger partial charge in [-0.05, 0) is 79.1 Å². The van der Waals surface area contributed by atoms with Gasteiger partial charge >= 0.3 is 5.97 Å². The summed E-state index contributed by atoms with van der Waals surface area (Å²) in [6, 6.07) is 28.0. The maximum absolute atomic E-state index is 10.9. The Bertz CT molecular complexity index is 1400. The van der Waals surface area contributed by atoms with Crippen molar-refractivity contribution in [2.24, 2.45) is 0 Å². The zero-order chi connectivity index (χ0) is 27.4. The maximum atomic E-state index is 10.9. The van der Waals surface area contributed by atoms with E-state index in [0.717, 1.165) is 43.7 Å². The fraction of sp³-hybridized carbons (Fsp3) is 0.364. The molecule has 2 heterocycles. The van der Waals surface area contributed by atoms with E-state index >= 15 is 0 Å². The molecule has 2 N–H and O–H groups in total. The zero-order valence-corrected chi connectivity index (χ0v) is 22.9. The number of piperazine rings is 1. The third kappa shape index (κ3) is 6.35. The molecule has 3 aromatic carbocycles. The second-order valence-electron chi connectivity index (χ2n) is 11.0. The number of nitrogens with zero attached hydrogens (tertiary/aromatic N) is 3. The van der Waals surface area contributed by atoms with Crippen molar-refractivity contribution >= 4 is 16.9 Å². The number of carboxylic acids is 1. The second kappa shape index (κ2) is 12.1. The van der Waals surface area contributed by atoms with Gasteiger partial charge in [0.1, 0.15) is 5.75 Å². The van der Waals surface area contributed by atoms with Gasteiger partial charge in [-0.25, -0.2) is 0 Å². The first kappa shape index (κ1) is 27.0. The Morgan fingerprint density at radius 1 is 0.897 bits per heavy atom. The fourth-order valence-corrected chi connectivity index (χ4v) is 6.04. The lowest BCUT2D eigenvalue weighted by Gasteiger charge is -2.47. The molecule has 0 amide bonds. The van der Waals surface area contributed by atoms with Crippen molar-refractivity contribution in [2.75, 3.05) is 13.1 Å². The number of carboxylic acid groups (broad SMARTS) is 1. The van der Waals surface area contributed by atoms with E-state index in [2.05, 4.69) is 95.1 Å². The van der Waals surface area contributed by atoms with Crippen molar-refractivity contribution in [3.63, 3.8) is 0 Å². The van der Waals surface area contributed by atoms with Crippen molar-refractivity contribution in [3.05, 3.63) is 102 Å². The number of aromatic hydroxyl groups is 1. The molecule has 0 bridgehead atoms. The quantitative estimate of drug-likeness (QED) is 0.238. The summed E-state index contributed by atoms with van der Waals surface area (Å²) in [6.45, 7) is 8.28. The lowest BCUT2D eigenvalue weighted by atomic mass is 9.92. The van der Waals surface area contributed by atoms with E-state index < -0.39 is 5.97 Å². The first-order valence-corrected chi connectivity index (χ1v) is 14.0. The number of benzene rings is 3. The Hall–Kier alpha value is -3.61. The third-order valence-electron chi connectivity index (χ3n) is 8.06. The van der Waals surface area contributed by atoms with E-state index in [-0.39, 0.29) is 18.2 Å². The SMILES string of the molecule is C[C@@H]1CN([C@@H](c2cccc(O)c2)c2ccc3c(ccn3CCCCC(=O)O)c2)[C@@H](C)CN1Cc1ccccc1. The summed E-state index contributed by atoms with van der Waals surface area (Å²) in [5, 5.41) is 20.5. The summed E-state index contributed by atoms with van der Waals surface area (Å²) >= 11 is 0. The first-order valence-electron chi connectivity index (χ1n) is 14.0. The minimum atomic E-state index is -0.737. The maximum Gasteiger partial charge on any atom is 0.303 e. The summed E-state index contributed by atoms with van der Waals surface area (Å²) < 4.78 is 2.22. The third-order valence-corrected chi connectivity index (χ3v) is 8.06. The summed E-state index contributed by atoms with van der Waals surface area (Å²) in [6.07, 6.45) is 3.83. The molecule has 5 rings (SSSR count). The van der Waals surface area contributed by atoms with Crippen LogP contribution < -0.4 is 0 Å². The lowest BCUT2D eigenvalue weighted by Crippen LogP contribution is -2.56. The van der Waals surface area contributed by atoms with Crippen molar-refractivity contribution in [1.29, 1.82) is 0 Å². The number of aromatic nitrogens is 1. The van der Waals surface area contributed by atoms with Crippen LogP contribution in [-0.4, -0.2) is 55.7 Å². The molecule has 6 heteroatoms. The Balaban J connectivity index is 1.41. The van der Waals surface area contributed by atoms with Crippen LogP contribution in [0.25, 0.3) is 10.9 Å². The highest BCUT2D eigenvalue weighted by Crippen LogP contribution is 2.36. The summed E-state index contributed by atoms with van der Waals surface area (Å²) in [5.74, 6) is -0.450. The molecule has 204 valence electrons. The molecule has 1 aromatic heterocycles. The number of aryl methyl sites for hydroxylation is 1. The van der Waals surface area contributed by atoms with Gasteiger partial charge in [0.15, 0.2) is 0 Å². The molecule has 1 saturated heterocycles. The Kier molecular flexibility index (Phi) is 8.34. The van der Waals surface area contributed by atoms with Crippen molar-refractivity contribution in [1.82, 2.24) is 14.4 Å². The number of carbonyl (C=O) groups is 1. The van der Waals surface area contributed by atoms with Gasteiger partial charge in [-0.3, -0.25) is 14.6 Å². The van der Waals surface area contributed by atoms with Crippen molar-refractivity contribution in [2.45, 2.75) is 64.3 Å². The number of hydrogen-bond acceptors (Lipinski definition) is 4. The number of unbranched alkanes of at least 4 members (excludes halogenated alkanes) is 1. The normalized spacial score (nSPS) is 19.3. The van der Waals surface area contributed by atoms with Gasteiger partial charge in [-0.15, -0.1) is 0 Å². The number of hydrogen-bond donors (Lipinski definition) is 2. The standard InChI is InChI=1S/C33H39N3O3/c1-24-22-36(25(2)21-35(24)23-26-9-4-3-5-10-26)33(28-11-8-12-30(37)20-28)29-14-15-31-27(19-29)16-18-34(31)17-7-6-13-32(38)39/h3-5,8-12,14-16,18-20,24-25,33,37H,6-7,13,17,21-23H2,1-2H3,(H,38,39)/t24-,25+,33+/m1/s1. The molecule has 4 aromatic rings. The van der Waals surface area contributed by atoms with Crippen LogP contribution in [0.3, 0.4) is 0 Å². The van der Waals surface area contributed by atoms with Crippen LogP contribution in [0.1, 0.15) is 55.8 Å². The van der Waals surface area contributed by atoms with Crippen molar-refractivity contribution in [3.8, 4) is 5.75 Å². The molecule has 0 saturated carbocycles. The van der Waals surface area contributed by atoms with Crippen molar-refractivity contribution < 1.29 is 15.0 Å². The molecule has 0 unspecified atom stereocenters. The van der Waals surface area contributed by atoms with E-state index in [0.29, 0.717) is 18.5 Å². The van der Waals surface area contributed by atoms with Gasteiger partial charge in [-0.1, -0.05) is 48.5 Å². The van der Waals surface area contributed by atoms with E-state index in [1.54, 1.807) is 6.07 Å². The minimum Gasteiger partial charge on any atom is -0.508 e. The zero-order valence-electron chi connectivity index (χ0n) is 22.9. The van der Waals surface area contributed by atoms with E-state index in [1.165, 1.54) is 16.5 Å². The number of phenols is 1. The molecule has 3 atom stereocenters. The average molecular weight is 526 g/mol. The number of rotatable bonds is 10. The van der Waals surface area contributed by atoms with Gasteiger partial charge in [0.2, 0.25) is 0 Å². The molecule has 0 aliphatic carbocycles. The molecular weight excluding hydrogens is 486 g/mol. The second-order valence-corrected chi connectivity index (χ2v) is 11.0. The van der Waals surface area contributed by atoms with Gasteiger partial charge in [0.25, 0.3) is 0 Å². The van der Waals surface area contributed by atoms with E-state index in [1.807, 2.05) is 12.1 Å². The van der Waals surface area contributed by atoms with Crippen LogP contribution in [-0.2, 0) is 17.9 Å². The Morgan fingerprint density at radius 2 is 1.69 bits per heavy atom. The minimum absolute atomic E-state index is 0.0248. The van der Waals surface area contributed by atoms with Crippen LogP contribution in [0.5, 0.6) is 5.75 Å². The molecule has 1 fully saturated rings. The predicted octanol–water partition coefficient (Wildman–Crippen LogP) is 6.29. The van der Waals surface area contributed by atoms with Gasteiger partial charge in [0.05, 0.1) is 6.04 Å². The van der Waals surface area contributed by atoms with E-state index in [9.17, 15) is 9.90 Å². The van der Waals surface area contributed by atoms with Crippen LogP contribution in [0.4, 0.5) is 0 Å². The predicted molar refractivity (Wildman–Crippen MR) is 156 cm³/mol. The number of phenolic OH excluding ortho intramolecular Hbond substituents is 1. The number of aliphatic carboxylic acids is 1. The highest BCUT2D eigenvalue weighted by molar-refractivity contribution is 5.81. The molecule has 1 aliphatic rings. The molecule has 1 aliphatic heterocycles. The molecule has 39 heavy (non-hydrogen) atoms. The molecule has 0 radical (unpaired) electrons. The number of fused-ring (bicyclic) bond motifs is 1. The summed E-state index contributed by atoms with van der Waals surface area (Å²) in [4.78, 5) is 16.0. The molecule has 0 spiro atoms. The lowest BCUT2D eigenvalue weighted by molar-refractivity contribution is -0.137. The summed E-state index contributed by atoms with van der Waals surface area (Å²) in [5.41, 5.74) is 4.82. The summed E-state index contributed by atoms with van der Waals surface area (Å²) in [7, 11) is 0. The fourth-order valence-electron chi connectivity index (χ4n) is 6.04. The average Bonchev–Trinajstić information content (AvgIpc) is 3.32. The highest BCUT2D eigenvalue weighted by atomic mass is 16.4. The van der Waals surface area contributed by atoms with Gasteiger partial charge < -0.3 is 14.8 Å². The van der Waals surface area contributed by atoms with Crippen LogP contribution in [0, 0.1) is 0 Å². The molecule has 6 nitrogen and oxygen atoms in total. The van der Waals surface area contributed by atoms with E-state index in [4.69, 9.17) is 5.11 Å². The highest BCUT2D eigenvalue weighted by Gasteiger charge is 2.35. The first-order chi connectivity index (χ1) is 18.9. The van der Waals surface area contributed by atoms with Crippen LogP contribution in [0.2, 0.25) is 0 Å². The van der Waals surface area contributed by atoms with Crippen LogP contribution in [0.15, 0.2) is 85.1 Å². The smallest absolute Gasteiger partial charge is 0.303 e. The molecular formula is C33H39N3O3. The Morgan fingerprint density at radius 3 is 2.46 bits per heavy atom. The van der Waals surface area contributed by atoms with Gasteiger partial charge in [-0.2, -0.15) is 0 Å². The Labute approximate surface area is 231 Å². The van der Waals surface area contributed by atoms with Gasteiger partial charge in [0, 0.05) is 56.4 Å². The van der Waals surface area contributed by atoms with Crippen LogP contribution >= 0.6 is 0 Å². The topological polar surface area (TPSA) is 68.9 Å².